The summed E-state index contributed by atoms with van der Waals surface area (Å²) in [7, 11) is -3.98. The number of rotatable bonds is 3. The van der Waals surface area contributed by atoms with E-state index < -0.39 is 27.3 Å². The number of halogens is 1. The minimum atomic E-state index is -3.98. The Kier molecular flexibility index (Phi) is 10.3. The van der Waals surface area contributed by atoms with Crippen molar-refractivity contribution < 1.29 is 23.1 Å². The molecule has 7 nitrogen and oxygen atoms in total. The second kappa shape index (κ2) is 13.7. The van der Waals surface area contributed by atoms with Crippen LogP contribution in [-0.2, 0) is 10.0 Å². The van der Waals surface area contributed by atoms with Crippen LogP contribution >= 0.6 is 11.6 Å². The van der Waals surface area contributed by atoms with Crippen molar-refractivity contribution in [2.75, 3.05) is 24.6 Å². The first-order valence-electron chi connectivity index (χ1n) is 16.5. The Bertz CT molecular complexity index is 1500. The molecule has 0 aromatic heterocycles. The summed E-state index contributed by atoms with van der Waals surface area (Å²) in [5.74, 6) is 0.283. The van der Waals surface area contributed by atoms with Crippen LogP contribution in [0.5, 0.6) is 5.75 Å². The predicted molar refractivity (Wildman–Crippen MR) is 182 cm³/mol. The van der Waals surface area contributed by atoms with E-state index >= 15 is 0 Å². The molecule has 1 amide bonds. The smallest absolute Gasteiger partial charge is 0.264 e. The second-order valence-electron chi connectivity index (χ2n) is 14.1. The van der Waals surface area contributed by atoms with Crippen molar-refractivity contribution in [2.24, 2.45) is 29.1 Å². The van der Waals surface area contributed by atoms with Crippen LogP contribution in [0.4, 0.5) is 5.69 Å². The number of aliphatic hydroxyl groups is 1. The van der Waals surface area contributed by atoms with Crippen molar-refractivity contribution in [1.29, 1.82) is 0 Å². The highest BCUT2D eigenvalue weighted by Crippen LogP contribution is 2.49. The Balaban J connectivity index is 1.56. The molecule has 1 aromatic carbocycles. The number of anilines is 1. The number of carbonyl (C=O) groups excluding carboxylic acids is 1. The van der Waals surface area contributed by atoms with Crippen LogP contribution in [0.2, 0.25) is 0 Å². The van der Waals surface area contributed by atoms with Gasteiger partial charge in [0.15, 0.2) is 0 Å². The topological polar surface area (TPSA) is 95.9 Å². The molecule has 4 aliphatic rings. The molecule has 2 aliphatic carbocycles. The Morgan fingerprint density at radius 1 is 1.31 bits per heavy atom. The van der Waals surface area contributed by atoms with E-state index in [1.807, 2.05) is 52.0 Å². The third kappa shape index (κ3) is 7.23. The summed E-state index contributed by atoms with van der Waals surface area (Å²) in [6.45, 7) is 14.1. The molecule has 246 valence electrons. The highest BCUT2D eigenvalue weighted by Gasteiger charge is 2.45. The van der Waals surface area contributed by atoms with Crippen molar-refractivity contribution in [3.63, 3.8) is 0 Å². The van der Waals surface area contributed by atoms with Gasteiger partial charge >= 0.3 is 0 Å². The van der Waals surface area contributed by atoms with E-state index in [1.54, 1.807) is 18.2 Å². The lowest BCUT2D eigenvalue weighted by Gasteiger charge is -2.46. The molecular formula is C36H49ClN2O5S. The fraction of sp³-hybridized carbons (Fsp3) is 0.583. The Labute approximate surface area is 274 Å². The first-order chi connectivity index (χ1) is 21.3. The molecule has 9 heteroatoms. The lowest BCUT2D eigenvalue weighted by molar-refractivity contribution is 0.0452. The molecule has 2 aliphatic heterocycles. The average Bonchev–Trinajstić information content (AvgIpc) is 3.12. The number of sulfonamides is 1. The number of amides is 1. The third-order valence-corrected chi connectivity index (χ3v) is 12.7. The van der Waals surface area contributed by atoms with Gasteiger partial charge in [0, 0.05) is 29.1 Å². The number of fused-ring (bicyclic) bond motifs is 2. The summed E-state index contributed by atoms with van der Waals surface area (Å²) in [4.78, 5) is 15.9. The SMILES string of the molecule is C=C1/C(=C\C(Cl)=C/C)CCC[C@]12COc1ccc3cc1N(C[C@@H]1CC[C@H]1[C@@H](O)/C=C/C[C@H](C)[C@@H](CC(C)C)S(=O)(=O)NC3=O)C2. The number of nitrogens with one attached hydrogen (secondary N) is 1. The lowest BCUT2D eigenvalue weighted by Crippen LogP contribution is -2.48. The van der Waals surface area contributed by atoms with E-state index in [-0.39, 0.29) is 34.7 Å². The van der Waals surface area contributed by atoms with Crippen molar-refractivity contribution >= 4 is 33.2 Å². The van der Waals surface area contributed by atoms with E-state index in [9.17, 15) is 18.3 Å². The molecule has 2 bridgehead atoms. The van der Waals surface area contributed by atoms with Gasteiger partial charge in [-0.2, -0.15) is 0 Å². The Morgan fingerprint density at radius 3 is 2.78 bits per heavy atom. The number of hydrogen-bond donors (Lipinski definition) is 2. The van der Waals surface area contributed by atoms with Crippen LogP contribution < -0.4 is 14.4 Å². The molecule has 45 heavy (non-hydrogen) atoms. The van der Waals surface area contributed by atoms with Crippen LogP contribution in [0.15, 0.2) is 65.3 Å². The molecule has 2 saturated carbocycles. The van der Waals surface area contributed by atoms with E-state index in [1.165, 1.54) is 0 Å². The maximum Gasteiger partial charge on any atom is 0.264 e. The van der Waals surface area contributed by atoms with Crippen molar-refractivity contribution in [3.8, 4) is 5.75 Å². The summed E-state index contributed by atoms with van der Waals surface area (Å²) in [5, 5.41) is 11.2. The first kappa shape index (κ1) is 33.8. The van der Waals surface area contributed by atoms with Crippen molar-refractivity contribution in [2.45, 2.75) is 84.0 Å². The minimum absolute atomic E-state index is 0.105. The zero-order valence-electron chi connectivity index (χ0n) is 27.1. The quantitative estimate of drug-likeness (QED) is 0.336. The van der Waals surface area contributed by atoms with Crippen molar-refractivity contribution in [3.05, 3.63) is 70.8 Å². The monoisotopic (exact) mass is 656 g/mol. The fourth-order valence-corrected chi connectivity index (χ4v) is 9.60. The second-order valence-corrected chi connectivity index (χ2v) is 16.4. The number of carbonyl (C=O) groups is 1. The molecule has 0 unspecified atom stereocenters. The largest absolute Gasteiger partial charge is 0.490 e. The van der Waals surface area contributed by atoms with Crippen LogP contribution in [0, 0.1) is 29.1 Å². The highest BCUT2D eigenvalue weighted by atomic mass is 35.5. The highest BCUT2D eigenvalue weighted by molar-refractivity contribution is 7.90. The third-order valence-electron chi connectivity index (χ3n) is 10.5. The van der Waals surface area contributed by atoms with Gasteiger partial charge in [-0.25, -0.2) is 13.1 Å². The van der Waals surface area contributed by atoms with E-state index in [4.69, 9.17) is 16.3 Å². The maximum absolute atomic E-state index is 13.7. The van der Waals surface area contributed by atoms with Gasteiger partial charge in [-0.1, -0.05) is 57.2 Å². The summed E-state index contributed by atoms with van der Waals surface area (Å²) >= 11 is 6.43. The summed E-state index contributed by atoms with van der Waals surface area (Å²) in [6, 6.07) is 5.21. The normalized spacial score (nSPS) is 34.0. The molecule has 1 aromatic rings. The van der Waals surface area contributed by atoms with E-state index in [2.05, 4.69) is 16.2 Å². The van der Waals surface area contributed by atoms with Gasteiger partial charge in [-0.3, -0.25) is 4.79 Å². The number of allylic oxidation sites excluding steroid dienone is 5. The van der Waals surface area contributed by atoms with E-state index in [0.29, 0.717) is 43.3 Å². The predicted octanol–water partition coefficient (Wildman–Crippen LogP) is 7.14. The molecule has 0 radical (unpaired) electrons. The van der Waals surface area contributed by atoms with Crippen LogP contribution in [-0.4, -0.2) is 50.5 Å². The summed E-state index contributed by atoms with van der Waals surface area (Å²) < 4.78 is 36.3. The fourth-order valence-electron chi connectivity index (χ4n) is 7.58. The number of nitrogens with zero attached hydrogens (tertiary/aromatic N) is 1. The van der Waals surface area contributed by atoms with Crippen molar-refractivity contribution in [1.82, 2.24) is 4.72 Å². The molecule has 6 atom stereocenters. The number of aliphatic hydroxyl groups excluding tert-OH is 1. The standard InChI is InChI=1S/C36H49ClN2O5S/c1-6-29(37)18-26-10-8-16-36(25(26)5)21-39-20-28-12-14-30(28)32(40)11-7-9-24(4)34(17-23(2)3)45(42,43)38-35(41)27-13-15-33(44-22-36)31(39)19-27/h6-7,11,13,15,18-19,23-24,28,30,32,34,40H,5,8-10,12,14,16-17,20-22H2,1-4H3,(H,38,41)/b11-7+,26-18-,29-6+/t24-,28-,30+,32-,34+,36-/m0/s1. The molecule has 5 rings (SSSR count). The number of ether oxygens (including phenoxy) is 1. The van der Waals surface area contributed by atoms with Gasteiger partial charge in [-0.15, -0.1) is 0 Å². The molecule has 2 N–H and O–H groups in total. The van der Waals surface area contributed by atoms with E-state index in [0.717, 1.165) is 48.9 Å². The Morgan fingerprint density at radius 2 is 2.09 bits per heavy atom. The molecule has 1 spiro atoms. The molecule has 0 saturated heterocycles. The lowest BCUT2D eigenvalue weighted by atomic mass is 9.67. The number of hydrogen-bond acceptors (Lipinski definition) is 6. The van der Waals surface area contributed by atoms with Crippen LogP contribution in [0.3, 0.4) is 0 Å². The molecule has 2 fully saturated rings. The van der Waals surface area contributed by atoms with Gasteiger partial charge in [0.2, 0.25) is 10.0 Å². The minimum Gasteiger partial charge on any atom is -0.490 e. The van der Waals surface area contributed by atoms with Gasteiger partial charge in [0.05, 0.1) is 23.6 Å². The Hall–Kier alpha value is -2.55. The van der Waals surface area contributed by atoms with Gasteiger partial charge < -0.3 is 14.7 Å². The first-order valence-corrected chi connectivity index (χ1v) is 18.4. The van der Waals surface area contributed by atoms with Crippen LogP contribution in [0.25, 0.3) is 0 Å². The van der Waals surface area contributed by atoms with Gasteiger partial charge in [0.1, 0.15) is 5.75 Å². The maximum atomic E-state index is 13.7. The van der Waals surface area contributed by atoms with Gasteiger partial charge in [0.25, 0.3) is 5.91 Å². The average molecular weight is 657 g/mol. The number of benzene rings is 1. The zero-order chi connectivity index (χ0) is 32.5. The zero-order valence-corrected chi connectivity index (χ0v) is 28.7. The molecular weight excluding hydrogens is 608 g/mol. The summed E-state index contributed by atoms with van der Waals surface area (Å²) in [5.41, 5.74) is 2.83. The summed E-state index contributed by atoms with van der Waals surface area (Å²) in [6.07, 6.45) is 12.7. The van der Waals surface area contributed by atoms with Crippen LogP contribution in [0.1, 0.15) is 83.0 Å². The van der Waals surface area contributed by atoms with Gasteiger partial charge in [-0.05, 0) is 111 Å². The molecule has 2 heterocycles.